The number of ether oxygens (including phenoxy) is 1. The number of aliphatic hydroxyl groups is 3. The van der Waals surface area contributed by atoms with Crippen LogP contribution in [0.1, 0.15) is 13.2 Å². The van der Waals surface area contributed by atoms with E-state index in [4.69, 9.17) is 4.74 Å². The van der Waals surface area contributed by atoms with E-state index in [2.05, 4.69) is 0 Å². The van der Waals surface area contributed by atoms with Crippen molar-refractivity contribution < 1.29 is 24.5 Å². The molecule has 0 aromatic carbocycles. The summed E-state index contributed by atoms with van der Waals surface area (Å²) in [6, 6.07) is 0.777. The van der Waals surface area contributed by atoms with Crippen molar-refractivity contribution in [2.75, 3.05) is 0 Å². The van der Waals surface area contributed by atoms with Crippen LogP contribution in [0.4, 0.5) is 4.48 Å². The van der Waals surface area contributed by atoms with Crippen LogP contribution in [0.15, 0.2) is 21.9 Å². The molecule has 1 unspecified atom stereocenters. The molecule has 0 amide bonds. The van der Waals surface area contributed by atoms with Crippen LogP contribution >= 0.6 is 0 Å². The molecule has 1 aromatic heterocycles. The molecular weight excluding hydrogens is 263 g/mol. The van der Waals surface area contributed by atoms with Crippen LogP contribution in [0.5, 0.6) is 0 Å². The van der Waals surface area contributed by atoms with Gasteiger partial charge in [-0.15, -0.1) is 0 Å². The van der Waals surface area contributed by atoms with Gasteiger partial charge in [-0.1, -0.05) is 9.27 Å². The molecule has 0 bridgehead atoms. The van der Waals surface area contributed by atoms with Gasteiger partial charge in [0.05, 0.1) is 6.10 Å². The van der Waals surface area contributed by atoms with Gasteiger partial charge in [-0.2, -0.15) is 0 Å². The van der Waals surface area contributed by atoms with Gasteiger partial charge in [-0.25, -0.2) is 4.79 Å². The fourth-order valence-corrected chi connectivity index (χ4v) is 1.98. The first-order chi connectivity index (χ1) is 8.84. The Morgan fingerprint density at radius 1 is 1.37 bits per heavy atom. The van der Waals surface area contributed by atoms with Crippen LogP contribution in [-0.2, 0) is 4.74 Å². The summed E-state index contributed by atoms with van der Waals surface area (Å²) < 4.78 is 18.9. The maximum Gasteiger partial charge on any atom is 0.362 e. The van der Waals surface area contributed by atoms with Gasteiger partial charge in [0, 0.05) is 12.3 Å². The van der Waals surface area contributed by atoms with Crippen molar-refractivity contribution in [2.45, 2.75) is 37.6 Å². The van der Waals surface area contributed by atoms with Crippen LogP contribution < -0.4 is 11.2 Å². The highest BCUT2D eigenvalue weighted by atomic mass is 19.2. The van der Waals surface area contributed by atoms with Crippen molar-refractivity contribution in [3.63, 3.8) is 0 Å². The number of rotatable bonds is 2. The highest BCUT2D eigenvalue weighted by Gasteiger charge is 2.46. The highest BCUT2D eigenvalue weighted by molar-refractivity contribution is 4.95. The summed E-state index contributed by atoms with van der Waals surface area (Å²) in [4.78, 5) is 21.8. The lowest BCUT2D eigenvalue weighted by Gasteiger charge is -2.17. The van der Waals surface area contributed by atoms with E-state index in [9.17, 15) is 29.4 Å². The molecule has 2 heterocycles. The van der Waals surface area contributed by atoms with Crippen molar-refractivity contribution in [2.24, 2.45) is 0 Å². The second-order valence-corrected chi connectivity index (χ2v) is 4.34. The minimum absolute atomic E-state index is 0.637. The summed E-state index contributed by atoms with van der Waals surface area (Å²) in [5, 5.41) is 28.8. The van der Waals surface area contributed by atoms with Crippen LogP contribution in [0.2, 0.25) is 0 Å². The predicted molar refractivity (Wildman–Crippen MR) is 59.1 cm³/mol. The molecule has 9 heteroatoms. The Labute approximate surface area is 105 Å². The van der Waals surface area contributed by atoms with Crippen LogP contribution in [-0.4, -0.2) is 49.1 Å². The first-order valence-corrected chi connectivity index (χ1v) is 5.54. The van der Waals surface area contributed by atoms with E-state index in [1.54, 1.807) is 0 Å². The summed E-state index contributed by atoms with van der Waals surface area (Å²) >= 11 is 0. The Balaban J connectivity index is 2.41. The summed E-state index contributed by atoms with van der Waals surface area (Å²) in [5.74, 6) is 0. The molecule has 0 spiro atoms. The Hall–Kier alpha value is -1.55. The molecule has 2 rings (SSSR count). The Kier molecular flexibility index (Phi) is 3.54. The molecule has 8 nitrogen and oxygen atoms in total. The third-order valence-corrected chi connectivity index (χ3v) is 2.98. The van der Waals surface area contributed by atoms with Crippen molar-refractivity contribution in [1.82, 2.24) is 9.36 Å². The van der Waals surface area contributed by atoms with E-state index in [0.29, 0.717) is 4.57 Å². The monoisotopic (exact) mass is 276 g/mol. The number of halogens is 1. The van der Waals surface area contributed by atoms with Gasteiger partial charge in [0.1, 0.15) is 18.3 Å². The average Bonchev–Trinajstić information content (AvgIpc) is 2.64. The van der Waals surface area contributed by atoms with E-state index < -0.39 is 46.7 Å². The van der Waals surface area contributed by atoms with Gasteiger partial charge in [0.25, 0.3) is 5.56 Å². The van der Waals surface area contributed by atoms with Gasteiger partial charge in [0.15, 0.2) is 6.23 Å². The fraction of sp³-hybridized carbons (Fsp3) is 0.600. The lowest BCUT2D eigenvalue weighted by molar-refractivity contribution is -0.0813. The molecule has 1 aliphatic heterocycles. The third kappa shape index (κ3) is 2.21. The van der Waals surface area contributed by atoms with E-state index in [-0.39, 0.29) is 0 Å². The molecule has 0 aliphatic carbocycles. The summed E-state index contributed by atoms with van der Waals surface area (Å²) in [6.45, 7) is 1.34. The molecule has 19 heavy (non-hydrogen) atoms. The zero-order valence-corrected chi connectivity index (χ0v) is 9.88. The number of hydrogen-bond donors (Lipinski definition) is 3. The molecule has 3 N–H and O–H groups in total. The van der Waals surface area contributed by atoms with Gasteiger partial charge < -0.3 is 20.1 Å². The molecule has 0 saturated carbocycles. The van der Waals surface area contributed by atoms with Crippen LogP contribution in [0.3, 0.4) is 0 Å². The smallest absolute Gasteiger partial charge is 0.362 e. The maximum absolute atomic E-state index is 13.1. The SMILES string of the molecule is CC(O)[C@@H]1O[C@H](n2ccc(=O)n(F)c2=O)[C@H](O)[C@H]1O. The molecule has 1 aliphatic rings. The maximum atomic E-state index is 13.1. The third-order valence-electron chi connectivity index (χ3n) is 2.98. The Morgan fingerprint density at radius 3 is 2.53 bits per heavy atom. The highest BCUT2D eigenvalue weighted by Crippen LogP contribution is 2.29. The van der Waals surface area contributed by atoms with Gasteiger partial charge in [-0.3, -0.25) is 9.36 Å². The van der Waals surface area contributed by atoms with Gasteiger partial charge in [0.2, 0.25) is 0 Å². The van der Waals surface area contributed by atoms with E-state index in [1.807, 2.05) is 0 Å². The average molecular weight is 276 g/mol. The Morgan fingerprint density at radius 2 is 2.00 bits per heavy atom. The minimum atomic E-state index is -1.53. The fourth-order valence-electron chi connectivity index (χ4n) is 1.98. The zero-order valence-electron chi connectivity index (χ0n) is 9.88. The molecule has 5 atom stereocenters. The number of hydrogen-bond acceptors (Lipinski definition) is 6. The molecule has 106 valence electrons. The summed E-state index contributed by atoms with van der Waals surface area (Å²) in [7, 11) is 0. The Bertz CT molecular complexity index is 582. The number of aliphatic hydroxyl groups excluding tert-OH is 3. The lowest BCUT2D eigenvalue weighted by Crippen LogP contribution is -2.40. The molecular formula is C10H13FN2O6. The summed E-state index contributed by atoms with van der Waals surface area (Å²) in [6.07, 6.45) is -5.61. The standard InChI is InChI=1S/C10H13FN2O6/c1-4(14)8-6(16)7(17)9(19-8)12-3-2-5(15)13(11)10(12)18/h2-4,6-9,14,16-17H,1H3/t4?,6-,7-,8+,9+/m1/s1. The molecule has 1 aromatic rings. The first-order valence-electron chi connectivity index (χ1n) is 5.54. The van der Waals surface area contributed by atoms with Crippen molar-refractivity contribution in [3.8, 4) is 0 Å². The summed E-state index contributed by atoms with van der Waals surface area (Å²) in [5.41, 5.74) is -2.49. The van der Waals surface area contributed by atoms with E-state index in [1.165, 1.54) is 6.92 Å². The first kappa shape index (κ1) is 13.9. The van der Waals surface area contributed by atoms with Crippen molar-refractivity contribution in [1.29, 1.82) is 0 Å². The second kappa shape index (κ2) is 4.85. The lowest BCUT2D eigenvalue weighted by atomic mass is 10.1. The van der Waals surface area contributed by atoms with Gasteiger partial charge >= 0.3 is 5.69 Å². The normalized spacial score (nSPS) is 32.5. The van der Waals surface area contributed by atoms with Crippen LogP contribution in [0, 0.1) is 0 Å². The number of nitrogens with zero attached hydrogens (tertiary/aromatic N) is 2. The molecule has 1 saturated heterocycles. The topological polar surface area (TPSA) is 114 Å². The van der Waals surface area contributed by atoms with Crippen molar-refractivity contribution in [3.05, 3.63) is 33.1 Å². The largest absolute Gasteiger partial charge is 0.391 e. The molecule has 1 fully saturated rings. The predicted octanol–water partition coefficient (Wildman–Crippen LogP) is -2.26. The molecule has 0 radical (unpaired) electrons. The quantitative estimate of drug-likeness (QED) is 0.562. The van der Waals surface area contributed by atoms with Crippen LogP contribution in [0.25, 0.3) is 0 Å². The van der Waals surface area contributed by atoms with Gasteiger partial charge in [-0.05, 0) is 6.92 Å². The second-order valence-electron chi connectivity index (χ2n) is 4.34. The van der Waals surface area contributed by atoms with E-state index >= 15 is 0 Å². The van der Waals surface area contributed by atoms with E-state index in [0.717, 1.165) is 12.3 Å². The minimum Gasteiger partial charge on any atom is -0.391 e. The zero-order chi connectivity index (χ0) is 14.3. The number of aromatic nitrogens is 2. The van der Waals surface area contributed by atoms with Crippen molar-refractivity contribution >= 4 is 0 Å².